The second-order valence-electron chi connectivity index (χ2n) is 13.2. The first-order valence-electron chi connectivity index (χ1n) is 15.6. The van der Waals surface area contributed by atoms with Gasteiger partial charge in [-0.1, -0.05) is 30.7 Å². The molecule has 1 N–H and O–H groups in total. The molecule has 2 aliphatic heterocycles. The van der Waals surface area contributed by atoms with Crippen molar-refractivity contribution in [1.82, 2.24) is 4.72 Å². The van der Waals surface area contributed by atoms with Gasteiger partial charge in [-0.05, 0) is 105 Å². The molecule has 236 valence electrons. The maximum atomic E-state index is 13.4. The molecule has 2 aliphatic carbocycles. The predicted octanol–water partition coefficient (Wildman–Crippen LogP) is 5.47. The number of carbonyl (C=O) groups is 2. The van der Waals surface area contributed by atoms with Crippen molar-refractivity contribution < 1.29 is 27.5 Å². The Labute approximate surface area is 265 Å². The Morgan fingerprint density at radius 3 is 2.70 bits per heavy atom. The molecule has 1 spiro atoms. The van der Waals surface area contributed by atoms with Gasteiger partial charge in [0.05, 0.1) is 17.5 Å². The van der Waals surface area contributed by atoms with Crippen LogP contribution in [0.4, 0.5) is 5.69 Å². The fraction of sp³-hybridized carbons (Fsp3) is 0.529. The molecule has 0 radical (unpaired) electrons. The average molecular weight is 641 g/mol. The molecule has 1 unspecified atom stereocenters. The fourth-order valence-electron chi connectivity index (χ4n) is 7.68. The van der Waals surface area contributed by atoms with Crippen molar-refractivity contribution in [1.29, 1.82) is 0 Å². The number of methoxy groups -OCH3 is 1. The molecule has 10 heteroatoms. The number of fused-ring (bicyclic) bond motifs is 4. The zero-order valence-corrected chi connectivity index (χ0v) is 27.1. The smallest absolute Gasteiger partial charge is 0.264 e. The van der Waals surface area contributed by atoms with Gasteiger partial charge in [0, 0.05) is 42.1 Å². The summed E-state index contributed by atoms with van der Waals surface area (Å²) in [5.74, 6) is -0.203. The predicted molar refractivity (Wildman–Crippen MR) is 171 cm³/mol. The number of sulfonamides is 1. The number of hydrogen-bond donors (Lipinski definition) is 1. The molecule has 2 aromatic carbocycles. The molecule has 6 atom stereocenters. The minimum absolute atomic E-state index is 0.0434. The minimum Gasteiger partial charge on any atom is -0.490 e. The van der Waals surface area contributed by atoms with Crippen molar-refractivity contribution in [2.24, 2.45) is 17.8 Å². The van der Waals surface area contributed by atoms with Gasteiger partial charge in [0.2, 0.25) is 10.0 Å². The van der Waals surface area contributed by atoms with Crippen molar-refractivity contribution in [3.05, 3.63) is 70.3 Å². The first-order chi connectivity index (χ1) is 21.0. The molecule has 2 heterocycles. The Kier molecular flexibility index (Phi) is 8.35. The summed E-state index contributed by atoms with van der Waals surface area (Å²) in [5.41, 5.74) is 2.05. The maximum Gasteiger partial charge on any atom is 0.264 e. The van der Waals surface area contributed by atoms with E-state index < -0.39 is 26.8 Å². The second kappa shape index (κ2) is 11.8. The lowest BCUT2D eigenvalue weighted by molar-refractivity contribution is -0.135. The summed E-state index contributed by atoms with van der Waals surface area (Å²) in [6.45, 7) is 5.17. The Bertz CT molecular complexity index is 1590. The lowest BCUT2D eigenvalue weighted by atomic mass is 9.64. The fourth-order valence-corrected chi connectivity index (χ4v) is 9.16. The van der Waals surface area contributed by atoms with E-state index in [1.165, 1.54) is 11.1 Å². The van der Waals surface area contributed by atoms with Gasteiger partial charge in [0.1, 0.15) is 11.4 Å². The normalized spacial score (nSPS) is 33.9. The zero-order valence-electron chi connectivity index (χ0n) is 25.6. The highest BCUT2D eigenvalue weighted by atomic mass is 35.5. The van der Waals surface area contributed by atoms with E-state index in [2.05, 4.69) is 21.8 Å². The lowest BCUT2D eigenvalue weighted by Crippen LogP contribution is -2.53. The van der Waals surface area contributed by atoms with Gasteiger partial charge in [-0.15, -0.1) is 0 Å². The minimum atomic E-state index is -3.97. The van der Waals surface area contributed by atoms with Crippen LogP contribution in [-0.4, -0.2) is 58.3 Å². The lowest BCUT2D eigenvalue weighted by Gasteiger charge is -2.48. The molecule has 6 rings (SSSR count). The van der Waals surface area contributed by atoms with Crippen molar-refractivity contribution in [3.63, 3.8) is 0 Å². The molecule has 1 saturated carbocycles. The number of benzene rings is 2. The summed E-state index contributed by atoms with van der Waals surface area (Å²) in [6, 6.07) is 11.3. The Hall–Kier alpha value is -2.88. The topological polar surface area (TPSA) is 102 Å². The van der Waals surface area contributed by atoms with E-state index in [9.17, 15) is 18.0 Å². The number of halogens is 1. The quantitative estimate of drug-likeness (QED) is 0.343. The number of anilines is 1. The number of rotatable bonds is 2. The van der Waals surface area contributed by atoms with Gasteiger partial charge < -0.3 is 14.4 Å². The zero-order chi connectivity index (χ0) is 31.3. The first-order valence-corrected chi connectivity index (χ1v) is 17.5. The van der Waals surface area contributed by atoms with Gasteiger partial charge in [-0.3, -0.25) is 9.59 Å². The van der Waals surface area contributed by atoms with Crippen LogP contribution in [0, 0.1) is 17.8 Å². The first kappa shape index (κ1) is 31.1. The summed E-state index contributed by atoms with van der Waals surface area (Å²) in [4.78, 5) is 28.4. The molecule has 44 heavy (non-hydrogen) atoms. The van der Waals surface area contributed by atoms with E-state index in [4.69, 9.17) is 21.1 Å². The van der Waals surface area contributed by atoms with Gasteiger partial charge in [0.25, 0.3) is 5.91 Å². The number of amides is 1. The van der Waals surface area contributed by atoms with E-state index in [1.54, 1.807) is 32.2 Å². The van der Waals surface area contributed by atoms with E-state index in [1.807, 2.05) is 25.1 Å². The monoisotopic (exact) mass is 640 g/mol. The van der Waals surface area contributed by atoms with E-state index in [0.717, 1.165) is 44.1 Å². The summed E-state index contributed by atoms with van der Waals surface area (Å²) >= 11 is 6.40. The van der Waals surface area contributed by atoms with Gasteiger partial charge in [-0.2, -0.15) is 0 Å². The molecule has 8 nitrogen and oxygen atoms in total. The third-order valence-electron chi connectivity index (χ3n) is 10.7. The SMILES string of the molecule is CO[C@@]1(C=O)/C=C/C[C@H](C)[C@@H](C)S(=O)(=O)NC(=O)c2ccc3c(c2)N(C[C@@H]2CCC21)C[C@@]1(CCCc2cc(Cl)ccc21)CO3. The van der Waals surface area contributed by atoms with Crippen LogP contribution in [0.2, 0.25) is 5.02 Å². The third-order valence-corrected chi connectivity index (χ3v) is 12.8. The van der Waals surface area contributed by atoms with Crippen LogP contribution in [0.3, 0.4) is 0 Å². The molecule has 4 aliphatic rings. The molecule has 2 bridgehead atoms. The summed E-state index contributed by atoms with van der Waals surface area (Å²) < 4.78 is 41.3. The highest BCUT2D eigenvalue weighted by Crippen LogP contribution is 2.48. The summed E-state index contributed by atoms with van der Waals surface area (Å²) in [7, 11) is -2.41. The molecular formula is C34H41ClN2O6S. The molecule has 2 aromatic rings. The summed E-state index contributed by atoms with van der Waals surface area (Å²) in [6.07, 6.45) is 9.65. The number of carbonyl (C=O) groups excluding carboxylic acids is 2. The van der Waals surface area contributed by atoms with E-state index in [0.29, 0.717) is 36.9 Å². The van der Waals surface area contributed by atoms with E-state index >= 15 is 0 Å². The number of hydrogen-bond acceptors (Lipinski definition) is 7. The molecule has 0 saturated heterocycles. The highest BCUT2D eigenvalue weighted by molar-refractivity contribution is 7.90. The maximum absolute atomic E-state index is 13.4. The van der Waals surface area contributed by atoms with Crippen LogP contribution in [0.15, 0.2) is 48.6 Å². The molecule has 0 aromatic heterocycles. The van der Waals surface area contributed by atoms with Crippen molar-refractivity contribution in [2.75, 3.05) is 31.7 Å². The Morgan fingerprint density at radius 2 is 1.98 bits per heavy atom. The molecule has 1 amide bonds. The summed E-state index contributed by atoms with van der Waals surface area (Å²) in [5, 5.41) is -0.123. The highest BCUT2D eigenvalue weighted by Gasteiger charge is 2.49. The van der Waals surface area contributed by atoms with Gasteiger partial charge in [0.15, 0.2) is 6.29 Å². The van der Waals surface area contributed by atoms with Gasteiger partial charge in [-0.25, -0.2) is 13.1 Å². The number of ether oxygens (including phenoxy) is 2. The molecular weight excluding hydrogens is 600 g/mol. The standard InChI is InChI=1S/C34H41ClN2O6S/c1-22-6-4-15-34(20-38,42-3)29-11-8-26(29)18-37-19-33(14-5-7-24-16-27(35)10-12-28(24)33)21-43-31-13-9-25(17-30(31)37)32(39)36-44(40,41)23(22)2/h4,9-10,12-13,15-17,20,22-23,26,29H,5-8,11,14,18-19,21H2,1-3H3,(H,36,39)/b15-4+/t22-,23+,26-,29?,33-,34+/m0/s1. The van der Waals surface area contributed by atoms with Crippen molar-refractivity contribution in [3.8, 4) is 5.75 Å². The van der Waals surface area contributed by atoms with Crippen LogP contribution in [-0.2, 0) is 31.4 Å². The third kappa shape index (κ3) is 5.45. The van der Waals surface area contributed by atoms with Crippen LogP contribution in [0.25, 0.3) is 0 Å². The van der Waals surface area contributed by atoms with Crippen LogP contribution in [0.5, 0.6) is 5.75 Å². The van der Waals surface area contributed by atoms with Crippen molar-refractivity contribution in [2.45, 2.75) is 68.6 Å². The van der Waals surface area contributed by atoms with Crippen LogP contribution in [0.1, 0.15) is 67.4 Å². The van der Waals surface area contributed by atoms with E-state index in [-0.39, 0.29) is 28.7 Å². The van der Waals surface area contributed by atoms with Crippen LogP contribution < -0.4 is 14.4 Å². The number of nitrogens with one attached hydrogen (secondary N) is 1. The second-order valence-corrected chi connectivity index (χ2v) is 15.7. The number of aryl methyl sites for hydroxylation is 1. The Balaban J connectivity index is 1.46. The van der Waals surface area contributed by atoms with Crippen molar-refractivity contribution >= 4 is 39.5 Å². The number of allylic oxidation sites excluding steroid dienone is 1. The van der Waals surface area contributed by atoms with Crippen LogP contribution >= 0.6 is 11.6 Å². The number of aldehydes is 1. The average Bonchev–Trinajstić information content (AvgIpc) is 3.14. The van der Waals surface area contributed by atoms with Gasteiger partial charge >= 0.3 is 0 Å². The Morgan fingerprint density at radius 1 is 1.16 bits per heavy atom. The largest absolute Gasteiger partial charge is 0.490 e. The molecule has 1 fully saturated rings. The number of nitrogens with zero attached hydrogens (tertiary/aromatic N) is 1.